The van der Waals surface area contributed by atoms with Crippen molar-refractivity contribution in [2.75, 3.05) is 25.6 Å². The summed E-state index contributed by atoms with van der Waals surface area (Å²) in [6.45, 7) is 2.03. The highest BCUT2D eigenvalue weighted by molar-refractivity contribution is 5.96. The Morgan fingerprint density at radius 2 is 2.04 bits per heavy atom. The zero-order valence-corrected chi connectivity index (χ0v) is 14.2. The van der Waals surface area contributed by atoms with Gasteiger partial charge in [-0.25, -0.2) is 4.79 Å². The minimum Gasteiger partial charge on any atom is -0.461 e. The van der Waals surface area contributed by atoms with Crippen LogP contribution in [0.15, 0.2) is 34.9 Å². The summed E-state index contributed by atoms with van der Waals surface area (Å²) in [5, 5.41) is 3.68. The van der Waals surface area contributed by atoms with E-state index < -0.39 is 5.97 Å². The number of ether oxygens (including phenoxy) is 1. The van der Waals surface area contributed by atoms with Crippen LogP contribution >= 0.6 is 0 Å². The summed E-state index contributed by atoms with van der Waals surface area (Å²) in [6, 6.07) is 9.11. The highest BCUT2D eigenvalue weighted by Crippen LogP contribution is 2.16. The van der Waals surface area contributed by atoms with E-state index in [1.54, 1.807) is 13.0 Å². The molecule has 0 fully saturated rings. The molecule has 128 valence electrons. The highest BCUT2D eigenvalue weighted by Gasteiger charge is 2.14. The van der Waals surface area contributed by atoms with E-state index in [-0.39, 0.29) is 11.5 Å². The van der Waals surface area contributed by atoms with Gasteiger partial charge in [-0.15, -0.1) is 0 Å². The number of rotatable bonds is 8. The average Bonchev–Trinajstić information content (AvgIpc) is 3.04. The van der Waals surface area contributed by atoms with E-state index >= 15 is 0 Å². The van der Waals surface area contributed by atoms with Gasteiger partial charge in [0.15, 0.2) is 11.5 Å². The Hall–Kier alpha value is -2.63. The summed E-state index contributed by atoms with van der Waals surface area (Å²) in [5.41, 5.74) is 1.86. The molecule has 0 unspecified atom stereocenters. The number of Topliss-reactive ketones (excluding diaryl/α,β-unsaturated/α-hetero) is 1. The lowest BCUT2D eigenvalue weighted by Crippen LogP contribution is -2.09. The standard InChI is InChI=1S/C18H22N2O4/c1-4-23-18(22)16-12-15(24-19-16)9-6-10-17(21)13-7-5-8-14(11-13)20(2)3/h5,7-8,11-12H,4,6,9-10H2,1-3H3. The van der Waals surface area contributed by atoms with Gasteiger partial charge < -0.3 is 14.2 Å². The van der Waals surface area contributed by atoms with E-state index in [4.69, 9.17) is 9.26 Å². The van der Waals surface area contributed by atoms with Gasteiger partial charge in [0.2, 0.25) is 0 Å². The van der Waals surface area contributed by atoms with E-state index in [1.165, 1.54) is 0 Å². The summed E-state index contributed by atoms with van der Waals surface area (Å²) in [6.07, 6.45) is 1.58. The first-order valence-electron chi connectivity index (χ1n) is 7.94. The number of anilines is 1. The number of carbonyl (C=O) groups excluding carboxylic acids is 2. The molecule has 1 aromatic heterocycles. The van der Waals surface area contributed by atoms with Crippen molar-refractivity contribution in [3.8, 4) is 0 Å². The second kappa shape index (κ2) is 8.29. The van der Waals surface area contributed by atoms with Gasteiger partial charge in [-0.05, 0) is 25.5 Å². The largest absolute Gasteiger partial charge is 0.461 e. The average molecular weight is 330 g/mol. The summed E-state index contributed by atoms with van der Waals surface area (Å²) < 4.78 is 9.95. The zero-order valence-electron chi connectivity index (χ0n) is 14.2. The van der Waals surface area contributed by atoms with Crippen molar-refractivity contribution in [1.82, 2.24) is 5.16 Å². The minimum atomic E-state index is -0.496. The third-order valence-electron chi connectivity index (χ3n) is 3.56. The van der Waals surface area contributed by atoms with Crippen LogP contribution in [0.25, 0.3) is 0 Å². The second-order valence-electron chi connectivity index (χ2n) is 5.62. The predicted octanol–water partition coefficient (Wildman–Crippen LogP) is 3.12. The molecular weight excluding hydrogens is 308 g/mol. The summed E-state index contributed by atoms with van der Waals surface area (Å²) in [5.74, 6) is 0.167. The molecule has 0 atom stereocenters. The van der Waals surface area contributed by atoms with Gasteiger partial charge in [0.25, 0.3) is 0 Å². The molecular formula is C18H22N2O4. The number of carbonyl (C=O) groups is 2. The van der Waals surface area contributed by atoms with Crippen LogP contribution in [0.3, 0.4) is 0 Å². The molecule has 1 heterocycles. The van der Waals surface area contributed by atoms with E-state index in [9.17, 15) is 9.59 Å². The number of nitrogens with zero attached hydrogens (tertiary/aromatic N) is 2. The van der Waals surface area contributed by atoms with Crippen molar-refractivity contribution in [1.29, 1.82) is 0 Å². The predicted molar refractivity (Wildman–Crippen MR) is 90.5 cm³/mol. The number of aromatic nitrogens is 1. The first-order chi connectivity index (χ1) is 11.5. The maximum absolute atomic E-state index is 12.3. The molecule has 6 nitrogen and oxygen atoms in total. The maximum atomic E-state index is 12.3. The molecule has 24 heavy (non-hydrogen) atoms. The third-order valence-corrected chi connectivity index (χ3v) is 3.56. The quantitative estimate of drug-likeness (QED) is 0.547. The molecule has 0 spiro atoms. The van der Waals surface area contributed by atoms with Crippen LogP contribution in [0.2, 0.25) is 0 Å². The Balaban J connectivity index is 1.87. The summed E-state index contributed by atoms with van der Waals surface area (Å²) >= 11 is 0. The van der Waals surface area contributed by atoms with Gasteiger partial charge in [0.05, 0.1) is 6.61 Å². The Labute approximate surface area is 141 Å². The fraction of sp³-hybridized carbons (Fsp3) is 0.389. The van der Waals surface area contributed by atoms with Crippen LogP contribution in [0, 0.1) is 0 Å². The molecule has 0 amide bonds. The van der Waals surface area contributed by atoms with Crippen LogP contribution in [0.1, 0.15) is 46.4 Å². The molecule has 2 rings (SSSR count). The van der Waals surface area contributed by atoms with Gasteiger partial charge in [0, 0.05) is 44.3 Å². The normalized spacial score (nSPS) is 10.5. The van der Waals surface area contributed by atoms with E-state index in [2.05, 4.69) is 5.16 Å². The van der Waals surface area contributed by atoms with Crippen molar-refractivity contribution >= 4 is 17.4 Å². The molecule has 0 bridgehead atoms. The van der Waals surface area contributed by atoms with E-state index in [0.717, 1.165) is 5.69 Å². The first-order valence-corrected chi connectivity index (χ1v) is 7.94. The fourth-order valence-corrected chi connectivity index (χ4v) is 2.26. The SMILES string of the molecule is CCOC(=O)c1cc(CCCC(=O)c2cccc(N(C)C)c2)on1. The topological polar surface area (TPSA) is 72.6 Å². The smallest absolute Gasteiger partial charge is 0.360 e. The number of hydrogen-bond acceptors (Lipinski definition) is 6. The number of aryl methyl sites for hydroxylation is 1. The number of ketones is 1. The van der Waals surface area contributed by atoms with Gasteiger partial charge in [0.1, 0.15) is 5.76 Å². The first kappa shape index (κ1) is 17.7. The number of benzene rings is 1. The van der Waals surface area contributed by atoms with Gasteiger partial charge >= 0.3 is 5.97 Å². The molecule has 1 aromatic carbocycles. The fourth-order valence-electron chi connectivity index (χ4n) is 2.26. The monoisotopic (exact) mass is 330 g/mol. The number of hydrogen-bond donors (Lipinski definition) is 0. The van der Waals surface area contributed by atoms with E-state index in [0.29, 0.717) is 37.2 Å². The van der Waals surface area contributed by atoms with Crippen LogP contribution in [0.4, 0.5) is 5.69 Å². The third kappa shape index (κ3) is 4.68. The highest BCUT2D eigenvalue weighted by atomic mass is 16.5. The van der Waals surface area contributed by atoms with Crippen molar-refractivity contribution in [3.05, 3.63) is 47.3 Å². The Bertz CT molecular complexity index is 707. The zero-order chi connectivity index (χ0) is 17.5. The van der Waals surface area contributed by atoms with Crippen LogP contribution in [0.5, 0.6) is 0 Å². The summed E-state index contributed by atoms with van der Waals surface area (Å²) in [4.78, 5) is 25.7. The van der Waals surface area contributed by atoms with Crippen LogP contribution in [-0.4, -0.2) is 37.6 Å². The molecule has 0 saturated carbocycles. The molecule has 0 aliphatic carbocycles. The lowest BCUT2D eigenvalue weighted by Gasteiger charge is -2.13. The lowest BCUT2D eigenvalue weighted by molar-refractivity contribution is 0.0514. The Morgan fingerprint density at radius 3 is 2.75 bits per heavy atom. The van der Waals surface area contributed by atoms with Gasteiger partial charge in [-0.3, -0.25) is 4.79 Å². The van der Waals surface area contributed by atoms with Crippen LogP contribution in [-0.2, 0) is 11.2 Å². The van der Waals surface area contributed by atoms with E-state index in [1.807, 2.05) is 43.3 Å². The minimum absolute atomic E-state index is 0.0869. The van der Waals surface area contributed by atoms with Gasteiger partial charge in [-0.1, -0.05) is 17.3 Å². The second-order valence-corrected chi connectivity index (χ2v) is 5.62. The van der Waals surface area contributed by atoms with Crippen molar-refractivity contribution in [2.24, 2.45) is 0 Å². The molecule has 6 heteroatoms. The molecule has 0 aliphatic rings. The molecule has 2 aromatic rings. The number of esters is 1. The molecule has 0 saturated heterocycles. The molecule has 0 aliphatic heterocycles. The Kier molecular flexibility index (Phi) is 6.12. The maximum Gasteiger partial charge on any atom is 0.360 e. The Morgan fingerprint density at radius 1 is 1.25 bits per heavy atom. The van der Waals surface area contributed by atoms with Crippen molar-refractivity contribution < 1.29 is 18.8 Å². The summed E-state index contributed by atoms with van der Waals surface area (Å²) in [7, 11) is 3.88. The molecule has 0 radical (unpaired) electrons. The van der Waals surface area contributed by atoms with Crippen molar-refractivity contribution in [3.63, 3.8) is 0 Å². The van der Waals surface area contributed by atoms with Crippen LogP contribution < -0.4 is 4.90 Å². The van der Waals surface area contributed by atoms with Gasteiger partial charge in [-0.2, -0.15) is 0 Å². The molecule has 0 N–H and O–H groups in total. The van der Waals surface area contributed by atoms with Crippen molar-refractivity contribution in [2.45, 2.75) is 26.2 Å². The lowest BCUT2D eigenvalue weighted by atomic mass is 10.0.